The van der Waals surface area contributed by atoms with Gasteiger partial charge in [-0.2, -0.15) is 0 Å². The second-order valence-corrected chi connectivity index (χ2v) is 4.25. The maximum Gasteiger partial charge on any atom is 0.322 e. The number of ketones is 1. The van der Waals surface area contributed by atoms with E-state index in [2.05, 4.69) is 4.74 Å². The number of hydrogen-bond donors (Lipinski definition) is 0. The van der Waals surface area contributed by atoms with Gasteiger partial charge < -0.3 is 4.74 Å². The molecule has 0 radical (unpaired) electrons. The second kappa shape index (κ2) is 3.58. The zero-order chi connectivity index (χ0) is 11.0. The van der Waals surface area contributed by atoms with Gasteiger partial charge in [-0.1, -0.05) is 0 Å². The van der Waals surface area contributed by atoms with Gasteiger partial charge >= 0.3 is 11.9 Å². The number of rotatable bonds is 2. The van der Waals surface area contributed by atoms with Crippen LogP contribution < -0.4 is 0 Å². The molecule has 0 aliphatic carbocycles. The molecule has 0 bridgehead atoms. The summed E-state index contributed by atoms with van der Waals surface area (Å²) in [6, 6.07) is 1.67. The van der Waals surface area contributed by atoms with Gasteiger partial charge in [0.2, 0.25) is 0 Å². The SMILES string of the molecule is CC(=O)c1ccsc1C1CC(=O)OC1=O. The Morgan fingerprint density at radius 3 is 2.80 bits per heavy atom. The van der Waals surface area contributed by atoms with Crippen molar-refractivity contribution in [3.05, 3.63) is 21.9 Å². The Morgan fingerprint density at radius 1 is 1.53 bits per heavy atom. The van der Waals surface area contributed by atoms with E-state index in [0.29, 0.717) is 10.4 Å². The summed E-state index contributed by atoms with van der Waals surface area (Å²) in [6.07, 6.45) is 0.0413. The molecular formula is C10H8O4S. The first kappa shape index (κ1) is 10.0. The minimum atomic E-state index is -0.587. The molecule has 0 aromatic carbocycles. The first-order valence-electron chi connectivity index (χ1n) is 4.42. The van der Waals surface area contributed by atoms with Gasteiger partial charge in [-0.15, -0.1) is 11.3 Å². The average Bonchev–Trinajstić information content (AvgIpc) is 2.71. The van der Waals surface area contributed by atoms with Gasteiger partial charge in [0.1, 0.15) is 5.92 Å². The molecule has 2 heterocycles. The van der Waals surface area contributed by atoms with E-state index in [1.54, 1.807) is 11.4 Å². The molecule has 1 aromatic rings. The molecule has 2 rings (SSSR count). The number of ether oxygens (including phenoxy) is 1. The fourth-order valence-electron chi connectivity index (χ4n) is 1.56. The minimum Gasteiger partial charge on any atom is -0.393 e. The zero-order valence-corrected chi connectivity index (χ0v) is 8.80. The molecule has 78 valence electrons. The van der Waals surface area contributed by atoms with Crippen LogP contribution in [0.5, 0.6) is 0 Å². The molecule has 0 spiro atoms. The molecule has 4 nitrogen and oxygen atoms in total. The highest BCUT2D eigenvalue weighted by Crippen LogP contribution is 2.33. The zero-order valence-electron chi connectivity index (χ0n) is 7.98. The molecule has 5 heteroatoms. The second-order valence-electron chi connectivity index (χ2n) is 3.30. The summed E-state index contributed by atoms with van der Waals surface area (Å²) < 4.78 is 4.45. The van der Waals surface area contributed by atoms with E-state index in [-0.39, 0.29) is 12.2 Å². The lowest BCUT2D eigenvalue weighted by atomic mass is 10.0. The average molecular weight is 224 g/mol. The molecule has 0 amide bonds. The lowest BCUT2D eigenvalue weighted by molar-refractivity contribution is -0.152. The molecular weight excluding hydrogens is 216 g/mol. The quantitative estimate of drug-likeness (QED) is 0.434. The third kappa shape index (κ3) is 1.70. The van der Waals surface area contributed by atoms with E-state index in [0.717, 1.165) is 0 Å². The molecule has 1 aliphatic heterocycles. The highest BCUT2D eigenvalue weighted by Gasteiger charge is 2.37. The third-order valence-electron chi connectivity index (χ3n) is 2.26. The van der Waals surface area contributed by atoms with E-state index in [4.69, 9.17) is 0 Å². The normalized spacial score (nSPS) is 20.5. The van der Waals surface area contributed by atoms with E-state index >= 15 is 0 Å². The first-order valence-corrected chi connectivity index (χ1v) is 5.30. The predicted octanol–water partition coefficient (Wildman–Crippen LogP) is 1.51. The molecule has 1 aromatic heterocycles. The number of cyclic esters (lactones) is 2. The summed E-state index contributed by atoms with van der Waals surface area (Å²) >= 11 is 1.31. The summed E-state index contributed by atoms with van der Waals surface area (Å²) in [6.45, 7) is 1.44. The van der Waals surface area contributed by atoms with Crippen molar-refractivity contribution in [1.82, 2.24) is 0 Å². The van der Waals surface area contributed by atoms with Crippen LogP contribution in [-0.2, 0) is 14.3 Å². The number of hydrogen-bond acceptors (Lipinski definition) is 5. The van der Waals surface area contributed by atoms with Crippen molar-refractivity contribution in [3.63, 3.8) is 0 Å². The molecule has 1 aliphatic rings. The molecule has 0 saturated carbocycles. The highest BCUT2D eigenvalue weighted by molar-refractivity contribution is 7.10. The number of carbonyl (C=O) groups excluding carboxylic acids is 3. The third-order valence-corrected chi connectivity index (χ3v) is 3.29. The van der Waals surface area contributed by atoms with Gasteiger partial charge in [-0.25, -0.2) is 0 Å². The number of esters is 2. The van der Waals surface area contributed by atoms with Crippen LogP contribution in [-0.4, -0.2) is 17.7 Å². The van der Waals surface area contributed by atoms with E-state index in [1.165, 1.54) is 18.3 Å². The molecule has 0 N–H and O–H groups in total. The monoisotopic (exact) mass is 224 g/mol. The highest BCUT2D eigenvalue weighted by atomic mass is 32.1. The van der Waals surface area contributed by atoms with Crippen LogP contribution in [0.3, 0.4) is 0 Å². The molecule has 1 saturated heterocycles. The lowest BCUT2D eigenvalue weighted by Crippen LogP contribution is -2.07. The summed E-state index contributed by atoms with van der Waals surface area (Å²) in [5, 5.41) is 1.74. The van der Waals surface area contributed by atoms with Crippen LogP contribution in [0.25, 0.3) is 0 Å². The van der Waals surface area contributed by atoms with Gasteiger partial charge in [-0.05, 0) is 18.4 Å². The Bertz CT molecular complexity index is 446. The van der Waals surface area contributed by atoms with Crippen molar-refractivity contribution >= 4 is 29.1 Å². The van der Waals surface area contributed by atoms with Crippen LogP contribution in [0, 0.1) is 0 Å². The largest absolute Gasteiger partial charge is 0.393 e. The van der Waals surface area contributed by atoms with Crippen LogP contribution in [0.15, 0.2) is 11.4 Å². The number of carbonyl (C=O) groups is 3. The fraction of sp³-hybridized carbons (Fsp3) is 0.300. The van der Waals surface area contributed by atoms with Crippen LogP contribution >= 0.6 is 11.3 Å². The van der Waals surface area contributed by atoms with E-state index < -0.39 is 17.9 Å². The molecule has 1 unspecified atom stereocenters. The topological polar surface area (TPSA) is 60.4 Å². The van der Waals surface area contributed by atoms with Gasteiger partial charge in [0, 0.05) is 10.4 Å². The number of Topliss-reactive ketones (excluding diaryl/α,β-unsaturated/α-hetero) is 1. The molecule has 1 fully saturated rings. The standard InChI is InChI=1S/C10H8O4S/c1-5(11)6-2-3-15-9(6)7-4-8(12)14-10(7)13/h2-3,7H,4H2,1H3. The predicted molar refractivity (Wildman–Crippen MR) is 52.8 cm³/mol. The van der Waals surface area contributed by atoms with Gasteiger partial charge in [0.15, 0.2) is 5.78 Å². The van der Waals surface area contributed by atoms with Crippen molar-refractivity contribution in [2.45, 2.75) is 19.3 Å². The maximum atomic E-state index is 11.3. The van der Waals surface area contributed by atoms with Crippen molar-refractivity contribution < 1.29 is 19.1 Å². The molecule has 15 heavy (non-hydrogen) atoms. The summed E-state index contributed by atoms with van der Waals surface area (Å²) in [7, 11) is 0. The summed E-state index contributed by atoms with van der Waals surface area (Å²) in [5.41, 5.74) is 0.511. The van der Waals surface area contributed by atoms with E-state index in [9.17, 15) is 14.4 Å². The fourth-order valence-corrected chi connectivity index (χ4v) is 2.59. The Morgan fingerprint density at radius 2 is 2.27 bits per heavy atom. The van der Waals surface area contributed by atoms with Gasteiger partial charge in [-0.3, -0.25) is 14.4 Å². The van der Waals surface area contributed by atoms with Crippen molar-refractivity contribution in [2.24, 2.45) is 0 Å². The van der Waals surface area contributed by atoms with E-state index in [1.807, 2.05) is 0 Å². The lowest BCUT2D eigenvalue weighted by Gasteiger charge is -2.03. The van der Waals surface area contributed by atoms with Crippen LogP contribution in [0.2, 0.25) is 0 Å². The van der Waals surface area contributed by atoms with Crippen molar-refractivity contribution in [2.75, 3.05) is 0 Å². The van der Waals surface area contributed by atoms with Gasteiger partial charge in [0.05, 0.1) is 6.42 Å². The Balaban J connectivity index is 2.37. The van der Waals surface area contributed by atoms with Crippen molar-refractivity contribution in [1.29, 1.82) is 0 Å². The van der Waals surface area contributed by atoms with Crippen LogP contribution in [0.1, 0.15) is 34.5 Å². The smallest absolute Gasteiger partial charge is 0.322 e. The minimum absolute atomic E-state index is 0.0413. The number of thiophene rings is 1. The van der Waals surface area contributed by atoms with Gasteiger partial charge in [0.25, 0.3) is 0 Å². The summed E-state index contributed by atoms with van der Waals surface area (Å²) in [4.78, 5) is 34.1. The Hall–Kier alpha value is -1.49. The first-order chi connectivity index (χ1) is 7.09. The Labute approximate surface area is 89.9 Å². The maximum absolute atomic E-state index is 11.3. The van der Waals surface area contributed by atoms with Crippen LogP contribution in [0.4, 0.5) is 0 Å². The Kier molecular flexibility index (Phi) is 2.40. The van der Waals surface area contributed by atoms with Crippen molar-refractivity contribution in [3.8, 4) is 0 Å². The summed E-state index contributed by atoms with van der Waals surface area (Å²) in [5.74, 6) is -1.76. The molecule has 1 atom stereocenters.